The summed E-state index contributed by atoms with van der Waals surface area (Å²) in [5, 5.41) is 19.0. The van der Waals surface area contributed by atoms with Gasteiger partial charge in [0.2, 0.25) is 0 Å². The second kappa shape index (κ2) is 9.37. The monoisotopic (exact) mass is 279 g/mol. The van der Waals surface area contributed by atoms with E-state index < -0.39 is 0 Å². The number of Topliss-reactive ketones (excluding diaryl/α,β-unsaturated/α-hetero) is 1. The molecule has 0 heterocycles. The number of phenolic OH excluding ortho intramolecular Hbond substituents is 2. The first-order valence-electron chi connectivity index (χ1n) is 7.41. The Morgan fingerprint density at radius 3 is 2.20 bits per heavy atom. The van der Waals surface area contributed by atoms with E-state index in [1.54, 1.807) is 12.1 Å². The Hall–Kier alpha value is -1.55. The minimum atomic E-state index is -0.306. The summed E-state index contributed by atoms with van der Waals surface area (Å²) in [5.74, 6) is -0.656. The molecule has 0 fully saturated rings. The number of nitrogens with two attached hydrogens (primary N) is 1. The lowest BCUT2D eigenvalue weighted by molar-refractivity contribution is 0.0976. The average Bonchev–Trinajstić information content (AvgIpc) is 2.44. The third-order valence-corrected chi connectivity index (χ3v) is 3.42. The van der Waals surface area contributed by atoms with E-state index in [1.165, 1.54) is 25.3 Å². The topological polar surface area (TPSA) is 83.6 Å². The van der Waals surface area contributed by atoms with Crippen molar-refractivity contribution in [2.75, 3.05) is 6.54 Å². The average molecular weight is 279 g/mol. The molecular weight excluding hydrogens is 254 g/mol. The van der Waals surface area contributed by atoms with Crippen LogP contribution in [0.2, 0.25) is 0 Å². The highest BCUT2D eigenvalue weighted by molar-refractivity contribution is 5.99. The second-order valence-electron chi connectivity index (χ2n) is 5.11. The minimum Gasteiger partial charge on any atom is -0.504 e. The van der Waals surface area contributed by atoms with Gasteiger partial charge in [0.25, 0.3) is 0 Å². The van der Waals surface area contributed by atoms with Crippen molar-refractivity contribution < 1.29 is 15.0 Å². The van der Waals surface area contributed by atoms with Crippen LogP contribution in [-0.2, 0) is 0 Å². The summed E-state index contributed by atoms with van der Waals surface area (Å²) in [6.45, 7) is 0.766. The Balaban J connectivity index is 2.19. The summed E-state index contributed by atoms with van der Waals surface area (Å²) in [7, 11) is 0. The van der Waals surface area contributed by atoms with E-state index >= 15 is 0 Å². The second-order valence-corrected chi connectivity index (χ2v) is 5.11. The van der Waals surface area contributed by atoms with Gasteiger partial charge in [-0.25, -0.2) is 0 Å². The Labute approximate surface area is 120 Å². The zero-order valence-corrected chi connectivity index (χ0v) is 12.0. The van der Waals surface area contributed by atoms with Gasteiger partial charge >= 0.3 is 0 Å². The van der Waals surface area contributed by atoms with Crippen LogP contribution in [0.15, 0.2) is 18.2 Å². The fourth-order valence-corrected chi connectivity index (χ4v) is 2.20. The van der Waals surface area contributed by atoms with Gasteiger partial charge in [-0.05, 0) is 31.5 Å². The largest absolute Gasteiger partial charge is 0.504 e. The van der Waals surface area contributed by atoms with Crippen molar-refractivity contribution >= 4 is 5.78 Å². The Morgan fingerprint density at radius 2 is 1.55 bits per heavy atom. The number of aromatic hydroxyl groups is 2. The molecule has 0 aliphatic heterocycles. The maximum atomic E-state index is 11.9. The summed E-state index contributed by atoms with van der Waals surface area (Å²) in [6, 6.07) is 4.48. The first-order chi connectivity index (χ1) is 9.66. The Morgan fingerprint density at radius 1 is 0.950 bits per heavy atom. The Bertz CT molecular complexity index is 418. The fourth-order valence-electron chi connectivity index (χ4n) is 2.20. The molecule has 0 amide bonds. The molecule has 0 spiro atoms. The molecule has 0 saturated heterocycles. The summed E-state index contributed by atoms with van der Waals surface area (Å²) >= 11 is 0. The lowest BCUT2D eigenvalue weighted by Gasteiger charge is -2.05. The van der Waals surface area contributed by atoms with Crippen molar-refractivity contribution in [3.8, 4) is 11.5 Å². The molecule has 0 unspecified atom stereocenters. The van der Waals surface area contributed by atoms with Crippen LogP contribution in [0.1, 0.15) is 61.7 Å². The van der Waals surface area contributed by atoms with Gasteiger partial charge in [-0.3, -0.25) is 4.79 Å². The molecular formula is C16H25NO3. The van der Waals surface area contributed by atoms with E-state index in [1.807, 2.05) is 0 Å². The Kier molecular flexibility index (Phi) is 7.73. The summed E-state index contributed by atoms with van der Waals surface area (Å²) < 4.78 is 0. The van der Waals surface area contributed by atoms with Gasteiger partial charge in [0.05, 0.1) is 5.56 Å². The highest BCUT2D eigenvalue weighted by Gasteiger charge is 2.13. The number of carbonyl (C=O) groups excluding carboxylic acids is 1. The predicted octanol–water partition coefficient (Wildman–Crippen LogP) is 3.36. The van der Waals surface area contributed by atoms with E-state index in [9.17, 15) is 15.0 Å². The van der Waals surface area contributed by atoms with Gasteiger partial charge in [-0.2, -0.15) is 0 Å². The molecule has 20 heavy (non-hydrogen) atoms. The number of hydrogen-bond donors (Lipinski definition) is 3. The normalized spacial score (nSPS) is 10.7. The van der Waals surface area contributed by atoms with Crippen molar-refractivity contribution in [2.24, 2.45) is 5.73 Å². The van der Waals surface area contributed by atoms with Crippen LogP contribution in [0.4, 0.5) is 0 Å². The number of hydrogen-bond acceptors (Lipinski definition) is 4. The van der Waals surface area contributed by atoms with Crippen molar-refractivity contribution in [3.63, 3.8) is 0 Å². The summed E-state index contributed by atoms with van der Waals surface area (Å²) in [6.07, 6.45) is 8.06. The molecule has 1 aromatic carbocycles. The van der Waals surface area contributed by atoms with E-state index in [2.05, 4.69) is 0 Å². The maximum absolute atomic E-state index is 11.9. The SMILES string of the molecule is NCCCCCCCCCC(=O)c1cccc(O)c1O. The van der Waals surface area contributed by atoms with Gasteiger partial charge in [0.1, 0.15) is 0 Å². The molecule has 0 atom stereocenters. The third kappa shape index (κ3) is 5.61. The number of phenols is 2. The van der Waals surface area contributed by atoms with Crippen LogP contribution < -0.4 is 5.73 Å². The molecule has 0 aliphatic rings. The highest BCUT2D eigenvalue weighted by atomic mass is 16.3. The van der Waals surface area contributed by atoms with Crippen LogP contribution in [0, 0.1) is 0 Å². The molecule has 4 N–H and O–H groups in total. The first-order valence-corrected chi connectivity index (χ1v) is 7.41. The van der Waals surface area contributed by atoms with E-state index in [0.29, 0.717) is 6.42 Å². The van der Waals surface area contributed by atoms with Crippen LogP contribution in [0.5, 0.6) is 11.5 Å². The number of ketones is 1. The standard InChI is InChI=1S/C16H25NO3/c17-12-7-5-3-1-2-4-6-10-14(18)13-9-8-11-15(19)16(13)20/h8-9,11,19-20H,1-7,10,12,17H2. The van der Waals surface area contributed by atoms with E-state index in [0.717, 1.165) is 32.2 Å². The smallest absolute Gasteiger partial charge is 0.168 e. The zero-order valence-electron chi connectivity index (χ0n) is 12.0. The van der Waals surface area contributed by atoms with E-state index in [4.69, 9.17) is 5.73 Å². The van der Waals surface area contributed by atoms with Crippen molar-refractivity contribution in [3.05, 3.63) is 23.8 Å². The van der Waals surface area contributed by atoms with Crippen LogP contribution in [-0.4, -0.2) is 22.5 Å². The third-order valence-electron chi connectivity index (χ3n) is 3.42. The van der Waals surface area contributed by atoms with Crippen LogP contribution in [0.3, 0.4) is 0 Å². The molecule has 0 radical (unpaired) electrons. The molecule has 0 saturated carbocycles. The summed E-state index contributed by atoms with van der Waals surface area (Å²) in [5.41, 5.74) is 5.64. The minimum absolute atomic E-state index is 0.110. The number of unbranched alkanes of at least 4 members (excludes halogenated alkanes) is 6. The highest BCUT2D eigenvalue weighted by Crippen LogP contribution is 2.29. The van der Waals surface area contributed by atoms with Crippen LogP contribution in [0.25, 0.3) is 0 Å². The van der Waals surface area contributed by atoms with Crippen molar-refractivity contribution in [2.45, 2.75) is 51.4 Å². The van der Waals surface area contributed by atoms with Gasteiger partial charge < -0.3 is 15.9 Å². The van der Waals surface area contributed by atoms with Crippen LogP contribution >= 0.6 is 0 Å². The molecule has 1 rings (SSSR count). The van der Waals surface area contributed by atoms with Crippen molar-refractivity contribution in [1.29, 1.82) is 0 Å². The molecule has 1 aromatic rings. The molecule has 0 aromatic heterocycles. The van der Waals surface area contributed by atoms with Gasteiger partial charge in [-0.1, -0.05) is 38.2 Å². The first kappa shape index (κ1) is 16.5. The molecule has 0 aliphatic carbocycles. The molecule has 0 bridgehead atoms. The molecule has 112 valence electrons. The van der Waals surface area contributed by atoms with Crippen molar-refractivity contribution in [1.82, 2.24) is 0 Å². The quantitative estimate of drug-likeness (QED) is 0.348. The summed E-state index contributed by atoms with van der Waals surface area (Å²) in [4.78, 5) is 11.9. The molecule has 4 heteroatoms. The fraction of sp³-hybridized carbons (Fsp3) is 0.562. The maximum Gasteiger partial charge on any atom is 0.168 e. The predicted molar refractivity (Wildman–Crippen MR) is 80.1 cm³/mol. The number of rotatable bonds is 10. The number of carbonyl (C=O) groups is 1. The van der Waals surface area contributed by atoms with E-state index in [-0.39, 0.29) is 22.8 Å². The van der Waals surface area contributed by atoms with Gasteiger partial charge in [0, 0.05) is 6.42 Å². The van der Waals surface area contributed by atoms with Gasteiger partial charge in [-0.15, -0.1) is 0 Å². The lowest BCUT2D eigenvalue weighted by Crippen LogP contribution is -1.99. The molecule has 4 nitrogen and oxygen atoms in total. The zero-order chi connectivity index (χ0) is 14.8. The number of para-hydroxylation sites is 1. The lowest BCUT2D eigenvalue weighted by atomic mass is 10.0. The van der Waals surface area contributed by atoms with Gasteiger partial charge in [0.15, 0.2) is 17.3 Å². The number of benzene rings is 1.